The Hall–Kier alpha value is -2.37. The first-order chi connectivity index (χ1) is 12.5. The van der Waals surface area contributed by atoms with Crippen molar-refractivity contribution in [1.29, 1.82) is 0 Å². The number of benzene rings is 1. The van der Waals surface area contributed by atoms with Crippen LogP contribution in [0.3, 0.4) is 0 Å². The second kappa shape index (κ2) is 8.34. The van der Waals surface area contributed by atoms with Crippen LogP contribution in [-0.4, -0.2) is 58.9 Å². The van der Waals surface area contributed by atoms with Gasteiger partial charge in [0.05, 0.1) is 5.56 Å². The van der Waals surface area contributed by atoms with Crippen molar-refractivity contribution in [3.63, 3.8) is 0 Å². The second-order valence-electron chi connectivity index (χ2n) is 7.29. The standard InChI is InChI=1S/C20H26N2O4/c23-18-6-1-2-9-21(18)11-8-19(24)22-10-7-16(14-22)12-15-4-3-5-17(13-15)20(25)26/h3-5,13,16H,1-2,6-12,14H2,(H,25,26). The Labute approximate surface area is 153 Å². The molecule has 6 nitrogen and oxygen atoms in total. The molecule has 2 amide bonds. The monoisotopic (exact) mass is 358 g/mol. The van der Waals surface area contributed by atoms with Gasteiger partial charge in [-0.15, -0.1) is 0 Å². The summed E-state index contributed by atoms with van der Waals surface area (Å²) in [5.41, 5.74) is 1.31. The van der Waals surface area contributed by atoms with E-state index in [-0.39, 0.29) is 11.8 Å². The molecule has 3 rings (SSSR count). The van der Waals surface area contributed by atoms with Gasteiger partial charge in [0, 0.05) is 39.0 Å². The average molecular weight is 358 g/mol. The van der Waals surface area contributed by atoms with Crippen molar-refractivity contribution in [3.8, 4) is 0 Å². The van der Waals surface area contributed by atoms with E-state index in [1.54, 1.807) is 18.2 Å². The van der Waals surface area contributed by atoms with Gasteiger partial charge in [-0.2, -0.15) is 0 Å². The molecule has 0 spiro atoms. The molecule has 2 saturated heterocycles. The minimum Gasteiger partial charge on any atom is -0.478 e. The molecule has 2 aliphatic heterocycles. The van der Waals surface area contributed by atoms with Crippen LogP contribution in [0.15, 0.2) is 24.3 Å². The van der Waals surface area contributed by atoms with Gasteiger partial charge in [0.15, 0.2) is 0 Å². The summed E-state index contributed by atoms with van der Waals surface area (Å²) in [5.74, 6) is -0.270. The van der Waals surface area contributed by atoms with Gasteiger partial charge in [0.2, 0.25) is 11.8 Å². The highest BCUT2D eigenvalue weighted by molar-refractivity contribution is 5.87. The maximum absolute atomic E-state index is 12.4. The van der Waals surface area contributed by atoms with Crippen LogP contribution in [0.2, 0.25) is 0 Å². The highest BCUT2D eigenvalue weighted by atomic mass is 16.4. The van der Waals surface area contributed by atoms with Crippen LogP contribution in [0.5, 0.6) is 0 Å². The molecule has 2 fully saturated rings. The summed E-state index contributed by atoms with van der Waals surface area (Å²) in [6.07, 6.45) is 4.71. The Morgan fingerprint density at radius 1 is 1.19 bits per heavy atom. The fraction of sp³-hybridized carbons (Fsp3) is 0.550. The molecule has 1 aromatic carbocycles. The number of piperidine rings is 1. The lowest BCUT2D eigenvalue weighted by Gasteiger charge is -2.27. The van der Waals surface area contributed by atoms with Crippen molar-refractivity contribution < 1.29 is 19.5 Å². The smallest absolute Gasteiger partial charge is 0.335 e. The summed E-state index contributed by atoms with van der Waals surface area (Å²) in [4.78, 5) is 39.0. The molecule has 26 heavy (non-hydrogen) atoms. The minimum atomic E-state index is -0.915. The summed E-state index contributed by atoms with van der Waals surface area (Å²) >= 11 is 0. The third-order valence-electron chi connectivity index (χ3n) is 5.35. The van der Waals surface area contributed by atoms with E-state index in [1.165, 1.54) is 0 Å². The first-order valence-corrected chi connectivity index (χ1v) is 9.40. The van der Waals surface area contributed by atoms with Crippen molar-refractivity contribution >= 4 is 17.8 Å². The number of carboxylic acid groups (broad SMARTS) is 1. The number of carbonyl (C=O) groups excluding carboxylic acids is 2. The molecule has 0 aliphatic carbocycles. The van der Waals surface area contributed by atoms with Crippen molar-refractivity contribution in [2.24, 2.45) is 5.92 Å². The Kier molecular flexibility index (Phi) is 5.91. The van der Waals surface area contributed by atoms with E-state index >= 15 is 0 Å². The lowest BCUT2D eigenvalue weighted by Crippen LogP contribution is -2.39. The van der Waals surface area contributed by atoms with E-state index in [1.807, 2.05) is 15.9 Å². The molecule has 0 saturated carbocycles. The zero-order valence-corrected chi connectivity index (χ0v) is 15.0. The van der Waals surface area contributed by atoms with E-state index < -0.39 is 5.97 Å². The number of hydrogen-bond donors (Lipinski definition) is 1. The minimum absolute atomic E-state index is 0.116. The molecule has 1 aromatic rings. The summed E-state index contributed by atoms with van der Waals surface area (Å²) in [6.45, 7) is 2.76. The summed E-state index contributed by atoms with van der Waals surface area (Å²) in [7, 11) is 0. The molecule has 1 N–H and O–H groups in total. The molecule has 140 valence electrons. The van der Waals surface area contributed by atoms with Crippen LogP contribution >= 0.6 is 0 Å². The fourth-order valence-electron chi connectivity index (χ4n) is 3.88. The topological polar surface area (TPSA) is 77.9 Å². The molecule has 1 atom stereocenters. The van der Waals surface area contributed by atoms with Crippen molar-refractivity contribution in [1.82, 2.24) is 9.80 Å². The molecular formula is C20H26N2O4. The molecule has 2 aliphatic rings. The van der Waals surface area contributed by atoms with Gasteiger partial charge in [-0.3, -0.25) is 9.59 Å². The molecule has 6 heteroatoms. The average Bonchev–Trinajstić information content (AvgIpc) is 3.09. The van der Waals surface area contributed by atoms with Crippen molar-refractivity contribution in [2.45, 2.75) is 38.5 Å². The second-order valence-corrected chi connectivity index (χ2v) is 7.29. The maximum atomic E-state index is 12.4. The van der Waals surface area contributed by atoms with Crippen LogP contribution in [0.4, 0.5) is 0 Å². The summed E-state index contributed by atoms with van der Waals surface area (Å²) in [6, 6.07) is 7.03. The molecular weight excluding hydrogens is 332 g/mol. The van der Waals surface area contributed by atoms with E-state index in [9.17, 15) is 14.4 Å². The normalized spacial score (nSPS) is 20.5. The fourth-order valence-corrected chi connectivity index (χ4v) is 3.88. The number of amides is 2. The third-order valence-corrected chi connectivity index (χ3v) is 5.35. The number of rotatable bonds is 6. The summed E-state index contributed by atoms with van der Waals surface area (Å²) in [5, 5.41) is 9.09. The summed E-state index contributed by atoms with van der Waals surface area (Å²) < 4.78 is 0. The van der Waals surface area contributed by atoms with Crippen LogP contribution in [0.25, 0.3) is 0 Å². The lowest BCUT2D eigenvalue weighted by atomic mass is 9.97. The van der Waals surface area contributed by atoms with Crippen LogP contribution in [0.1, 0.15) is 48.0 Å². The lowest BCUT2D eigenvalue weighted by molar-refractivity contribution is -0.135. The van der Waals surface area contributed by atoms with Crippen molar-refractivity contribution in [3.05, 3.63) is 35.4 Å². The van der Waals surface area contributed by atoms with Gasteiger partial charge in [0.25, 0.3) is 0 Å². The highest BCUT2D eigenvalue weighted by Gasteiger charge is 2.27. The third kappa shape index (κ3) is 4.62. The number of carbonyl (C=O) groups is 3. The molecule has 0 aromatic heterocycles. The SMILES string of the molecule is O=C(O)c1cccc(CC2CCN(C(=O)CCN3CCCCC3=O)C2)c1. The largest absolute Gasteiger partial charge is 0.478 e. The van der Waals surface area contributed by atoms with E-state index in [0.717, 1.165) is 44.3 Å². The van der Waals surface area contributed by atoms with Crippen LogP contribution < -0.4 is 0 Å². The van der Waals surface area contributed by atoms with Gasteiger partial charge in [0.1, 0.15) is 0 Å². The molecule has 0 bridgehead atoms. The zero-order valence-electron chi connectivity index (χ0n) is 15.0. The predicted molar refractivity (Wildman–Crippen MR) is 96.8 cm³/mol. The molecule has 2 heterocycles. The maximum Gasteiger partial charge on any atom is 0.335 e. The van der Waals surface area contributed by atoms with Crippen molar-refractivity contribution in [2.75, 3.05) is 26.2 Å². The Bertz CT molecular complexity index is 688. The van der Waals surface area contributed by atoms with Gasteiger partial charge < -0.3 is 14.9 Å². The molecule has 1 unspecified atom stereocenters. The van der Waals surface area contributed by atoms with Gasteiger partial charge >= 0.3 is 5.97 Å². The van der Waals surface area contributed by atoms with Crippen LogP contribution in [0, 0.1) is 5.92 Å². The van der Waals surface area contributed by atoms with Gasteiger partial charge in [-0.05, 0) is 49.3 Å². The van der Waals surface area contributed by atoms with Gasteiger partial charge in [-0.1, -0.05) is 12.1 Å². The first kappa shape index (κ1) is 18.4. The number of aromatic carboxylic acids is 1. The number of hydrogen-bond acceptors (Lipinski definition) is 3. The van der Waals surface area contributed by atoms with E-state index in [2.05, 4.69) is 0 Å². The number of likely N-dealkylation sites (tertiary alicyclic amines) is 2. The first-order valence-electron chi connectivity index (χ1n) is 9.40. The highest BCUT2D eigenvalue weighted by Crippen LogP contribution is 2.22. The van der Waals surface area contributed by atoms with E-state index in [0.29, 0.717) is 37.4 Å². The Balaban J connectivity index is 1.47. The zero-order chi connectivity index (χ0) is 18.5. The van der Waals surface area contributed by atoms with Gasteiger partial charge in [-0.25, -0.2) is 4.79 Å². The Morgan fingerprint density at radius 2 is 2.04 bits per heavy atom. The Morgan fingerprint density at radius 3 is 2.81 bits per heavy atom. The number of carboxylic acids is 1. The predicted octanol–water partition coefficient (Wildman–Crippen LogP) is 2.18. The quantitative estimate of drug-likeness (QED) is 0.845. The molecule has 0 radical (unpaired) electrons. The number of nitrogens with zero attached hydrogens (tertiary/aromatic N) is 2. The van der Waals surface area contributed by atoms with E-state index in [4.69, 9.17) is 5.11 Å². The van der Waals surface area contributed by atoms with Crippen LogP contribution in [-0.2, 0) is 16.0 Å².